The first-order valence-electron chi connectivity index (χ1n) is 6.94. The van der Waals surface area contributed by atoms with Crippen LogP contribution < -0.4 is 11.5 Å². The van der Waals surface area contributed by atoms with Crippen LogP contribution in [-0.2, 0) is 15.7 Å². The van der Waals surface area contributed by atoms with Crippen LogP contribution in [0.1, 0.15) is 37.8 Å². The normalized spacial score (nSPS) is 29.4. The van der Waals surface area contributed by atoms with E-state index in [0.717, 1.165) is 5.56 Å². The second-order valence-corrected chi connectivity index (χ2v) is 6.49. The van der Waals surface area contributed by atoms with E-state index in [-0.39, 0.29) is 17.9 Å². The van der Waals surface area contributed by atoms with Crippen LogP contribution in [0.15, 0.2) is 23.2 Å². The molecule has 4 N–H and O–H groups in total. The van der Waals surface area contributed by atoms with Crippen molar-refractivity contribution in [2.45, 2.75) is 43.6 Å². The number of nitrogens with two attached hydrogens (primary N) is 2. The molecule has 0 saturated carbocycles. The first-order valence-corrected chi connectivity index (χ1v) is 6.94. The lowest BCUT2D eigenvalue weighted by atomic mass is 9.63. The van der Waals surface area contributed by atoms with Gasteiger partial charge in [0, 0.05) is 5.69 Å². The average molecular weight is 295 g/mol. The Bertz CT molecular complexity index is 627. The summed E-state index contributed by atoms with van der Waals surface area (Å²) in [6.07, 6.45) is 0.809. The third-order valence-corrected chi connectivity index (χ3v) is 4.64. The Labute approximate surface area is 122 Å². The summed E-state index contributed by atoms with van der Waals surface area (Å²) in [7, 11) is 0. The summed E-state index contributed by atoms with van der Waals surface area (Å²) in [5.74, 6) is -3.12. The molecule has 6 heteroatoms. The van der Waals surface area contributed by atoms with Crippen molar-refractivity contribution in [3.63, 3.8) is 0 Å². The molecule has 1 aromatic carbocycles. The molecule has 1 aliphatic carbocycles. The number of hydrogen-bond donors (Lipinski definition) is 2. The average Bonchev–Trinajstić information content (AvgIpc) is 2.39. The summed E-state index contributed by atoms with van der Waals surface area (Å²) < 4.78 is 34.1. The van der Waals surface area contributed by atoms with Crippen molar-refractivity contribution in [1.82, 2.24) is 0 Å². The fourth-order valence-corrected chi connectivity index (χ4v) is 3.34. The number of nitrogens with zero attached hydrogens (tertiary/aromatic N) is 1. The minimum absolute atomic E-state index is 0.186. The predicted molar refractivity (Wildman–Crippen MR) is 77.3 cm³/mol. The number of aliphatic imine (C=N–C) groups is 1. The lowest BCUT2D eigenvalue weighted by Gasteiger charge is -2.47. The highest BCUT2D eigenvalue weighted by atomic mass is 19.3. The zero-order chi connectivity index (χ0) is 15.5. The molecular weight excluding hydrogens is 276 g/mol. The van der Waals surface area contributed by atoms with Gasteiger partial charge in [0.2, 0.25) is 0 Å². The van der Waals surface area contributed by atoms with E-state index in [1.54, 1.807) is 12.1 Å². The molecule has 2 aliphatic rings. The molecule has 0 fully saturated rings. The molecule has 0 aromatic heterocycles. The van der Waals surface area contributed by atoms with Gasteiger partial charge >= 0.3 is 5.92 Å². The maximum atomic E-state index is 14.7. The summed E-state index contributed by atoms with van der Waals surface area (Å²) in [6, 6.07) is 4.98. The fraction of sp³-hybridized carbons (Fsp3) is 0.533. The number of fused-ring (bicyclic) bond motifs is 2. The van der Waals surface area contributed by atoms with Gasteiger partial charge in [-0.05, 0) is 41.5 Å². The summed E-state index contributed by atoms with van der Waals surface area (Å²) >= 11 is 0. The Kier molecular flexibility index (Phi) is 2.74. The largest absolute Gasteiger partial charge is 0.459 e. The number of benzene rings is 1. The third-order valence-electron chi connectivity index (χ3n) is 4.64. The van der Waals surface area contributed by atoms with Crippen molar-refractivity contribution < 1.29 is 13.5 Å². The van der Waals surface area contributed by atoms with E-state index in [1.807, 2.05) is 19.9 Å². The fourth-order valence-electron chi connectivity index (χ4n) is 3.34. The van der Waals surface area contributed by atoms with Crippen LogP contribution in [0, 0.1) is 0 Å². The SMILES string of the molecule is CC1(C)CCC2(N=C(N)OCC2(F)F)c2cc(N)ccc21. The molecule has 1 spiro atoms. The van der Waals surface area contributed by atoms with Crippen molar-refractivity contribution in [2.24, 2.45) is 10.7 Å². The number of anilines is 1. The lowest BCUT2D eigenvalue weighted by molar-refractivity contribution is -0.129. The van der Waals surface area contributed by atoms with E-state index in [4.69, 9.17) is 16.2 Å². The quantitative estimate of drug-likeness (QED) is 0.722. The van der Waals surface area contributed by atoms with E-state index >= 15 is 0 Å². The highest BCUT2D eigenvalue weighted by Crippen LogP contribution is 2.55. The van der Waals surface area contributed by atoms with Crippen LogP contribution >= 0.6 is 0 Å². The molecule has 1 aromatic rings. The van der Waals surface area contributed by atoms with Gasteiger partial charge in [-0.3, -0.25) is 0 Å². The maximum absolute atomic E-state index is 14.7. The van der Waals surface area contributed by atoms with Crippen LogP contribution in [0.5, 0.6) is 0 Å². The number of hydrogen-bond acceptors (Lipinski definition) is 4. The van der Waals surface area contributed by atoms with Gasteiger partial charge in [-0.25, -0.2) is 4.99 Å². The molecule has 114 valence electrons. The van der Waals surface area contributed by atoms with Gasteiger partial charge < -0.3 is 16.2 Å². The number of amidine groups is 1. The highest BCUT2D eigenvalue weighted by molar-refractivity contribution is 5.74. The molecule has 0 bridgehead atoms. The van der Waals surface area contributed by atoms with Crippen molar-refractivity contribution in [3.05, 3.63) is 29.3 Å². The molecule has 1 aliphatic heterocycles. The maximum Gasteiger partial charge on any atom is 0.310 e. The first-order chi connectivity index (χ1) is 9.68. The van der Waals surface area contributed by atoms with E-state index in [9.17, 15) is 8.78 Å². The van der Waals surface area contributed by atoms with Crippen molar-refractivity contribution in [2.75, 3.05) is 12.3 Å². The molecule has 1 atom stereocenters. The van der Waals surface area contributed by atoms with Gasteiger partial charge in [-0.1, -0.05) is 19.9 Å². The summed E-state index contributed by atoms with van der Waals surface area (Å²) in [5.41, 5.74) is 11.3. The number of rotatable bonds is 0. The number of halogens is 2. The zero-order valence-electron chi connectivity index (χ0n) is 12.1. The van der Waals surface area contributed by atoms with Gasteiger partial charge in [-0.15, -0.1) is 0 Å². The monoisotopic (exact) mass is 295 g/mol. The zero-order valence-corrected chi connectivity index (χ0v) is 12.1. The molecule has 0 radical (unpaired) electrons. The van der Waals surface area contributed by atoms with Gasteiger partial charge in [0.1, 0.15) is 0 Å². The predicted octanol–water partition coefficient (Wildman–Crippen LogP) is 2.52. The Balaban J connectivity index is 2.31. The molecule has 3 rings (SSSR count). The number of nitrogen functional groups attached to an aromatic ring is 1. The van der Waals surface area contributed by atoms with E-state index in [2.05, 4.69) is 4.99 Å². The Morgan fingerprint density at radius 1 is 1.14 bits per heavy atom. The minimum atomic E-state index is -3.12. The molecule has 0 saturated heterocycles. The van der Waals surface area contributed by atoms with Crippen LogP contribution in [0.25, 0.3) is 0 Å². The smallest absolute Gasteiger partial charge is 0.310 e. The molecule has 1 unspecified atom stereocenters. The Morgan fingerprint density at radius 3 is 2.57 bits per heavy atom. The van der Waals surface area contributed by atoms with E-state index in [1.165, 1.54) is 0 Å². The second kappa shape index (κ2) is 4.08. The van der Waals surface area contributed by atoms with Crippen LogP contribution in [0.4, 0.5) is 14.5 Å². The number of alkyl halides is 2. The number of ether oxygens (including phenoxy) is 1. The van der Waals surface area contributed by atoms with Crippen LogP contribution in [0.3, 0.4) is 0 Å². The summed E-state index contributed by atoms with van der Waals surface area (Å²) in [6.45, 7) is 3.33. The van der Waals surface area contributed by atoms with Crippen LogP contribution in [0.2, 0.25) is 0 Å². The molecule has 4 nitrogen and oxygen atoms in total. The van der Waals surface area contributed by atoms with E-state index < -0.39 is 18.1 Å². The Hall–Kier alpha value is -1.85. The van der Waals surface area contributed by atoms with Crippen molar-refractivity contribution >= 4 is 11.7 Å². The third kappa shape index (κ3) is 1.88. The second-order valence-electron chi connectivity index (χ2n) is 6.49. The first kappa shape index (κ1) is 14.1. The highest BCUT2D eigenvalue weighted by Gasteiger charge is 2.61. The van der Waals surface area contributed by atoms with Crippen molar-refractivity contribution in [1.29, 1.82) is 0 Å². The van der Waals surface area contributed by atoms with Gasteiger partial charge in [0.15, 0.2) is 12.1 Å². The molecule has 21 heavy (non-hydrogen) atoms. The van der Waals surface area contributed by atoms with Gasteiger partial charge in [-0.2, -0.15) is 8.78 Å². The minimum Gasteiger partial charge on any atom is -0.459 e. The summed E-state index contributed by atoms with van der Waals surface area (Å²) in [5, 5.41) is 0. The van der Waals surface area contributed by atoms with E-state index in [0.29, 0.717) is 17.7 Å². The summed E-state index contributed by atoms with van der Waals surface area (Å²) in [4.78, 5) is 4.04. The molecule has 1 heterocycles. The Morgan fingerprint density at radius 2 is 1.86 bits per heavy atom. The topological polar surface area (TPSA) is 73.6 Å². The molecule has 0 amide bonds. The standard InChI is InChI=1S/C15H19F2N3O/c1-13(2)5-6-14(11-7-9(18)3-4-10(11)13)15(16,17)8-21-12(19)20-14/h3-4,7H,5-6,8,18H2,1-2H3,(H2,19,20). The van der Waals surface area contributed by atoms with Gasteiger partial charge in [0.25, 0.3) is 6.02 Å². The lowest BCUT2D eigenvalue weighted by Crippen LogP contribution is -2.55. The molecular formula is C15H19F2N3O. The van der Waals surface area contributed by atoms with Crippen LogP contribution in [-0.4, -0.2) is 18.6 Å². The van der Waals surface area contributed by atoms with Crippen molar-refractivity contribution in [3.8, 4) is 0 Å². The van der Waals surface area contributed by atoms with Gasteiger partial charge in [0.05, 0.1) is 0 Å².